The van der Waals surface area contributed by atoms with Crippen molar-refractivity contribution >= 4 is 40.6 Å². The molecule has 1 atom stereocenters. The third kappa shape index (κ3) is 7.15. The normalized spacial score (nSPS) is 11.1. The number of carbonyl (C=O) groups excluding carboxylic acids is 1. The van der Waals surface area contributed by atoms with E-state index in [0.717, 1.165) is 0 Å². The number of anilines is 2. The van der Waals surface area contributed by atoms with Crippen LogP contribution in [0.5, 0.6) is 0 Å². The summed E-state index contributed by atoms with van der Waals surface area (Å²) in [5, 5.41) is 23.2. The molecule has 7 N–H and O–H groups in total. The number of fused-ring (bicyclic) bond motifs is 1. The van der Waals surface area contributed by atoms with Crippen LogP contribution in [0.25, 0.3) is 11.2 Å². The molecule has 0 spiro atoms. The van der Waals surface area contributed by atoms with Crippen LogP contribution < -0.4 is 21.9 Å². The summed E-state index contributed by atoms with van der Waals surface area (Å²) < 4.78 is 8.00. The molecule has 0 aliphatic carbocycles. The van der Waals surface area contributed by atoms with Crippen molar-refractivity contribution in [2.75, 3.05) is 11.1 Å². The third-order valence-electron chi connectivity index (χ3n) is 4.36. The van der Waals surface area contributed by atoms with Crippen molar-refractivity contribution in [1.29, 1.82) is 0 Å². The van der Waals surface area contributed by atoms with E-state index in [1.54, 1.807) is 12.1 Å². The third-order valence-corrected chi connectivity index (χ3v) is 4.36. The molecule has 3 aromatic rings. The van der Waals surface area contributed by atoms with Gasteiger partial charge in [0.25, 0.3) is 11.5 Å². The quantitative estimate of drug-likeness (QED) is 0.205. The second-order valence-corrected chi connectivity index (χ2v) is 6.71. The molecule has 0 bridgehead atoms. The van der Waals surface area contributed by atoms with Crippen molar-refractivity contribution in [2.45, 2.75) is 25.4 Å². The van der Waals surface area contributed by atoms with Gasteiger partial charge in [0.15, 0.2) is 11.2 Å². The van der Waals surface area contributed by atoms with Gasteiger partial charge in [0.1, 0.15) is 6.04 Å². The summed E-state index contributed by atoms with van der Waals surface area (Å²) in [7, 11) is 0. The number of nitrogens with one attached hydrogen (secondary N) is 3. The Labute approximate surface area is 199 Å². The number of amides is 1. The Kier molecular flexibility index (Phi) is 9.28. The molecule has 2 aromatic heterocycles. The second-order valence-electron chi connectivity index (χ2n) is 6.71. The van der Waals surface area contributed by atoms with Crippen LogP contribution in [0.3, 0.4) is 0 Å². The van der Waals surface area contributed by atoms with Crippen molar-refractivity contribution in [3.05, 3.63) is 52.1 Å². The van der Waals surface area contributed by atoms with Crippen LogP contribution in [0.1, 0.15) is 28.9 Å². The first-order valence-corrected chi connectivity index (χ1v) is 9.93. The molecule has 14 nitrogen and oxygen atoms in total. The Bertz CT molecular complexity index is 1250. The number of nitrogens with zero attached hydrogens (tertiary/aromatic N) is 3. The average molecular weight is 513 g/mol. The van der Waals surface area contributed by atoms with Gasteiger partial charge in [0.2, 0.25) is 5.95 Å². The van der Waals surface area contributed by atoms with E-state index in [9.17, 15) is 19.2 Å². The first-order valence-electron chi connectivity index (χ1n) is 9.48. The predicted octanol–water partition coefficient (Wildman–Crippen LogP) is -0.166. The van der Waals surface area contributed by atoms with Gasteiger partial charge in [-0.25, -0.2) is 14.8 Å². The van der Waals surface area contributed by atoms with Crippen LogP contribution in [0.4, 0.5) is 11.6 Å². The minimum absolute atomic E-state index is 0.0524. The number of aromatic amines is 1. The molecule has 0 fully saturated rings. The van der Waals surface area contributed by atoms with Gasteiger partial charge in [-0.2, -0.15) is 4.98 Å². The number of carboxylic acids is 2. The van der Waals surface area contributed by atoms with Crippen LogP contribution in [0.2, 0.25) is 0 Å². The van der Waals surface area contributed by atoms with E-state index in [0.29, 0.717) is 11.4 Å². The van der Waals surface area contributed by atoms with Gasteiger partial charge in [-0.05, 0) is 30.7 Å². The number of rotatable bonds is 9. The molecule has 0 aliphatic rings. The molecule has 180 valence electrons. The van der Waals surface area contributed by atoms with Crippen LogP contribution >= 0.6 is 0 Å². The molecule has 0 aliphatic heterocycles. The van der Waals surface area contributed by atoms with Gasteiger partial charge in [-0.15, -0.1) is 0 Å². The molecule has 34 heavy (non-hydrogen) atoms. The number of nitrogen functional groups attached to an aromatic ring is 1. The molecular weight excluding hydrogens is 494 g/mol. The summed E-state index contributed by atoms with van der Waals surface area (Å²) in [6.45, 7) is 0.231. The number of H-pyrrole nitrogens is 1. The molecule has 1 amide bonds. The molecule has 0 unspecified atom stereocenters. The fraction of sp³-hybridized carbons (Fsp3) is 0.211. The van der Waals surface area contributed by atoms with Crippen LogP contribution in [0.15, 0.2) is 35.3 Å². The molecule has 0 saturated carbocycles. The molecule has 2 heterocycles. The summed E-state index contributed by atoms with van der Waals surface area (Å²) >= 11 is 2.00. The Balaban J connectivity index is 0.00000199. The first-order chi connectivity index (χ1) is 16.2. The van der Waals surface area contributed by atoms with Crippen molar-refractivity contribution in [3.63, 3.8) is 0 Å². The number of carbonyl (C=O) groups is 3. The van der Waals surface area contributed by atoms with E-state index < -0.39 is 29.4 Å². The summed E-state index contributed by atoms with van der Waals surface area (Å²) in [6.07, 6.45) is 0.840. The maximum absolute atomic E-state index is 12.3. The standard InChI is InChI=1S/C19H19N7O6.Fe.O/c20-19-25-15-14(17(30)26-19)23-11(8-22-15)7-21-10-3-1-9(2-4-10)16(29)24-12(18(31)32)5-6-13(27)28;;/h1-4,8,12,21H,5-7H2,(H,24,29)(H,27,28)(H,31,32)(H3,20,22,25,26,30);;/t12-;;/m0../s1. The Morgan fingerprint density at radius 2 is 1.79 bits per heavy atom. The second kappa shape index (κ2) is 12.1. The summed E-state index contributed by atoms with van der Waals surface area (Å²) in [5.41, 5.74) is 6.47. The molecular formula is C19H19FeN7O7. The number of hydrogen-bond acceptors (Lipinski definition) is 10. The van der Waals surface area contributed by atoms with E-state index in [4.69, 9.17) is 19.8 Å². The Morgan fingerprint density at radius 1 is 1.12 bits per heavy atom. The van der Waals surface area contributed by atoms with Gasteiger partial charge in [-0.1, -0.05) is 0 Å². The maximum atomic E-state index is 12.3. The number of nitrogens with two attached hydrogens (primary N) is 1. The minimum atomic E-state index is -1.31. The molecule has 15 heteroatoms. The van der Waals surface area contributed by atoms with E-state index >= 15 is 0 Å². The predicted molar refractivity (Wildman–Crippen MR) is 113 cm³/mol. The number of carboxylic acid groups (broad SMARTS) is 2. The van der Waals surface area contributed by atoms with Crippen LogP contribution in [0, 0.1) is 0 Å². The van der Waals surface area contributed by atoms with Crippen molar-refractivity contribution < 1.29 is 44.4 Å². The fourth-order valence-corrected chi connectivity index (χ4v) is 2.75. The Morgan fingerprint density at radius 3 is 2.41 bits per heavy atom. The van der Waals surface area contributed by atoms with Crippen molar-refractivity contribution in [1.82, 2.24) is 25.3 Å². The van der Waals surface area contributed by atoms with Gasteiger partial charge in [-0.3, -0.25) is 19.4 Å². The van der Waals surface area contributed by atoms with E-state index in [1.807, 2.05) is 15.9 Å². The number of benzene rings is 1. The monoisotopic (exact) mass is 513 g/mol. The molecule has 0 saturated heterocycles. The van der Waals surface area contributed by atoms with Crippen molar-refractivity contribution in [3.8, 4) is 0 Å². The number of aromatic nitrogens is 4. The van der Waals surface area contributed by atoms with E-state index in [2.05, 4.69) is 30.6 Å². The topological polar surface area (TPSA) is 230 Å². The molecule has 1 aromatic carbocycles. The average Bonchev–Trinajstić information content (AvgIpc) is 2.81. The number of hydrogen-bond donors (Lipinski definition) is 6. The zero-order valence-corrected chi connectivity index (χ0v) is 18.4. The summed E-state index contributed by atoms with van der Waals surface area (Å²) in [5.74, 6) is -3.16. The molecule has 0 radical (unpaired) electrons. The SMILES string of the molecule is Nc1nc2ncc(CNc3ccc(C(=O)N[C@@H](CCC(=O)O)C(=O)O)cc3)nc2c(=O)[nH]1.[O]=[Fe]. The van der Waals surface area contributed by atoms with Crippen molar-refractivity contribution in [2.24, 2.45) is 0 Å². The summed E-state index contributed by atoms with van der Waals surface area (Å²) in [6, 6.07) is 4.86. The van der Waals surface area contributed by atoms with Gasteiger partial charge >= 0.3 is 31.7 Å². The first kappa shape index (κ1) is 26.0. The zero-order chi connectivity index (χ0) is 25.3. The Hall–Kier alpha value is -4.23. The van der Waals surface area contributed by atoms with Gasteiger partial charge < -0.3 is 26.6 Å². The fourth-order valence-electron chi connectivity index (χ4n) is 2.75. The summed E-state index contributed by atoms with van der Waals surface area (Å²) in [4.78, 5) is 60.6. The van der Waals surface area contributed by atoms with Crippen LogP contribution in [-0.2, 0) is 35.9 Å². The van der Waals surface area contributed by atoms with Gasteiger partial charge in [0, 0.05) is 17.7 Å². The van der Waals surface area contributed by atoms with Gasteiger partial charge in [0.05, 0.1) is 18.4 Å². The molecule has 3 rings (SSSR count). The van der Waals surface area contributed by atoms with E-state index in [1.165, 1.54) is 18.3 Å². The zero-order valence-electron chi connectivity index (χ0n) is 17.3. The van der Waals surface area contributed by atoms with Crippen LogP contribution in [-0.4, -0.2) is 54.0 Å². The van der Waals surface area contributed by atoms with E-state index in [-0.39, 0.29) is 42.1 Å². The number of aliphatic carboxylic acids is 2.